The molecule has 6 nitrogen and oxygen atoms in total. The van der Waals surface area contributed by atoms with Crippen molar-refractivity contribution in [1.82, 2.24) is 15.2 Å². The average molecular weight is 358 g/mol. The molecule has 142 valence electrons. The Morgan fingerprint density at radius 3 is 2.50 bits per heavy atom. The number of nitrogens with zero attached hydrogens (tertiary/aromatic N) is 3. The van der Waals surface area contributed by atoms with Gasteiger partial charge in [0.05, 0.1) is 13.3 Å². The van der Waals surface area contributed by atoms with Crippen LogP contribution in [0.25, 0.3) is 0 Å². The lowest BCUT2D eigenvalue weighted by Gasteiger charge is -2.22. The summed E-state index contributed by atoms with van der Waals surface area (Å²) in [6.07, 6.45) is 1.79. The Bertz CT molecular complexity index is 714. The number of ether oxygens (including phenoxy) is 1. The lowest BCUT2D eigenvalue weighted by Crippen LogP contribution is -2.38. The Kier molecular flexibility index (Phi) is 6.66. The quantitative estimate of drug-likeness (QED) is 0.632. The maximum absolute atomic E-state index is 5.82. The summed E-state index contributed by atoms with van der Waals surface area (Å²) >= 11 is 0. The topological polar surface area (TPSA) is 62.9 Å². The first-order valence-electron chi connectivity index (χ1n) is 8.91. The van der Waals surface area contributed by atoms with Gasteiger partial charge in [0, 0.05) is 25.6 Å². The molecule has 0 spiro atoms. The van der Waals surface area contributed by atoms with Crippen LogP contribution in [-0.2, 0) is 18.5 Å². The second-order valence-electron chi connectivity index (χ2n) is 7.24. The third-order valence-electron chi connectivity index (χ3n) is 3.93. The first-order chi connectivity index (χ1) is 12.3. The Hall–Kier alpha value is -2.50. The SMILES string of the molecule is CCNC(=NCc1ncc(C(C)(C)C)o1)N(C)Cc1ccc(OC)cc1. The third-order valence-corrected chi connectivity index (χ3v) is 3.93. The third kappa shape index (κ3) is 5.51. The minimum Gasteiger partial charge on any atom is -0.497 e. The molecule has 1 heterocycles. The van der Waals surface area contributed by atoms with E-state index < -0.39 is 0 Å². The van der Waals surface area contributed by atoms with Gasteiger partial charge >= 0.3 is 0 Å². The number of hydrogen-bond donors (Lipinski definition) is 1. The summed E-state index contributed by atoms with van der Waals surface area (Å²) in [6.45, 7) is 10.3. The Balaban J connectivity index is 2.05. The van der Waals surface area contributed by atoms with E-state index in [0.717, 1.165) is 30.6 Å². The maximum Gasteiger partial charge on any atom is 0.216 e. The van der Waals surface area contributed by atoms with Gasteiger partial charge in [0.25, 0.3) is 0 Å². The molecule has 0 aliphatic carbocycles. The zero-order chi connectivity index (χ0) is 19.2. The minimum absolute atomic E-state index is 0.0510. The predicted octanol–water partition coefficient (Wildman–Crippen LogP) is 3.58. The molecular formula is C20H30N4O2. The van der Waals surface area contributed by atoms with Crippen molar-refractivity contribution in [2.75, 3.05) is 20.7 Å². The second kappa shape index (κ2) is 8.74. The van der Waals surface area contributed by atoms with E-state index in [1.807, 2.05) is 19.2 Å². The summed E-state index contributed by atoms with van der Waals surface area (Å²) in [7, 11) is 3.69. The van der Waals surface area contributed by atoms with Crippen molar-refractivity contribution in [3.05, 3.63) is 47.7 Å². The van der Waals surface area contributed by atoms with E-state index in [1.54, 1.807) is 13.3 Å². The predicted molar refractivity (Wildman–Crippen MR) is 104 cm³/mol. The van der Waals surface area contributed by atoms with Gasteiger partial charge in [0.15, 0.2) is 5.96 Å². The minimum atomic E-state index is -0.0510. The molecule has 0 saturated carbocycles. The molecule has 2 aromatic rings. The van der Waals surface area contributed by atoms with Crippen LogP contribution in [0.15, 0.2) is 39.9 Å². The molecular weight excluding hydrogens is 328 g/mol. The van der Waals surface area contributed by atoms with Gasteiger partial charge in [-0.15, -0.1) is 0 Å². The average Bonchev–Trinajstić information content (AvgIpc) is 3.08. The van der Waals surface area contributed by atoms with Crippen molar-refractivity contribution in [2.24, 2.45) is 4.99 Å². The number of nitrogens with one attached hydrogen (secondary N) is 1. The first kappa shape index (κ1) is 19.8. The van der Waals surface area contributed by atoms with Gasteiger partial charge in [-0.05, 0) is 24.6 Å². The smallest absolute Gasteiger partial charge is 0.216 e. The van der Waals surface area contributed by atoms with E-state index in [9.17, 15) is 0 Å². The van der Waals surface area contributed by atoms with E-state index in [0.29, 0.717) is 12.4 Å². The van der Waals surface area contributed by atoms with Crippen LogP contribution in [0.3, 0.4) is 0 Å². The number of rotatable bonds is 6. The highest BCUT2D eigenvalue weighted by Gasteiger charge is 2.19. The van der Waals surface area contributed by atoms with Gasteiger partial charge in [-0.3, -0.25) is 0 Å². The molecule has 0 fully saturated rings. The van der Waals surface area contributed by atoms with Crippen LogP contribution >= 0.6 is 0 Å². The molecule has 0 saturated heterocycles. The number of oxazole rings is 1. The lowest BCUT2D eigenvalue weighted by molar-refractivity contribution is 0.382. The Morgan fingerprint density at radius 2 is 1.96 bits per heavy atom. The summed E-state index contributed by atoms with van der Waals surface area (Å²) in [5.41, 5.74) is 1.13. The summed E-state index contributed by atoms with van der Waals surface area (Å²) in [4.78, 5) is 11.1. The number of benzene rings is 1. The number of aliphatic imine (C=N–C) groups is 1. The maximum atomic E-state index is 5.82. The van der Waals surface area contributed by atoms with E-state index >= 15 is 0 Å². The molecule has 2 rings (SSSR count). The zero-order valence-electron chi connectivity index (χ0n) is 16.7. The summed E-state index contributed by atoms with van der Waals surface area (Å²) in [6, 6.07) is 8.05. The van der Waals surface area contributed by atoms with Gasteiger partial charge in [-0.1, -0.05) is 32.9 Å². The van der Waals surface area contributed by atoms with Crippen LogP contribution in [-0.4, -0.2) is 36.5 Å². The molecule has 1 aromatic heterocycles. The molecule has 0 amide bonds. The number of aromatic nitrogens is 1. The van der Waals surface area contributed by atoms with Crippen molar-refractivity contribution in [3.63, 3.8) is 0 Å². The van der Waals surface area contributed by atoms with E-state index in [2.05, 4.69) is 60.0 Å². The van der Waals surface area contributed by atoms with E-state index in [4.69, 9.17) is 9.15 Å². The normalized spacial score (nSPS) is 12.2. The fourth-order valence-corrected chi connectivity index (χ4v) is 2.42. The zero-order valence-corrected chi connectivity index (χ0v) is 16.7. The molecule has 1 aromatic carbocycles. The van der Waals surface area contributed by atoms with Crippen molar-refractivity contribution in [1.29, 1.82) is 0 Å². The van der Waals surface area contributed by atoms with Gasteiger partial charge in [-0.2, -0.15) is 0 Å². The Morgan fingerprint density at radius 1 is 1.27 bits per heavy atom. The number of hydrogen-bond acceptors (Lipinski definition) is 4. The molecule has 0 radical (unpaired) electrons. The van der Waals surface area contributed by atoms with Gasteiger partial charge < -0.3 is 19.4 Å². The standard InChI is InChI=1S/C20H30N4O2/c1-7-21-19(23-13-18-22-12-17(26-18)20(2,3)4)24(5)14-15-8-10-16(25-6)11-9-15/h8-12H,7,13-14H2,1-6H3,(H,21,23). The van der Waals surface area contributed by atoms with Crippen LogP contribution in [0.4, 0.5) is 0 Å². The molecule has 6 heteroatoms. The van der Waals surface area contributed by atoms with Crippen molar-refractivity contribution in [2.45, 2.75) is 46.2 Å². The van der Waals surface area contributed by atoms with Crippen LogP contribution < -0.4 is 10.1 Å². The molecule has 0 aliphatic rings. The van der Waals surface area contributed by atoms with Crippen LogP contribution in [0, 0.1) is 0 Å². The summed E-state index contributed by atoms with van der Waals surface area (Å²) in [5.74, 6) is 3.18. The first-order valence-corrected chi connectivity index (χ1v) is 8.91. The Labute approximate surface area is 156 Å². The monoisotopic (exact) mass is 358 g/mol. The van der Waals surface area contributed by atoms with Crippen LogP contribution in [0.2, 0.25) is 0 Å². The van der Waals surface area contributed by atoms with Gasteiger partial charge in [0.1, 0.15) is 18.1 Å². The van der Waals surface area contributed by atoms with E-state index in [1.165, 1.54) is 5.56 Å². The lowest BCUT2D eigenvalue weighted by atomic mass is 9.94. The molecule has 0 aliphatic heterocycles. The fraction of sp³-hybridized carbons (Fsp3) is 0.500. The highest BCUT2D eigenvalue weighted by Crippen LogP contribution is 2.22. The highest BCUT2D eigenvalue weighted by atomic mass is 16.5. The largest absolute Gasteiger partial charge is 0.497 e. The molecule has 1 N–H and O–H groups in total. The van der Waals surface area contributed by atoms with E-state index in [-0.39, 0.29) is 5.41 Å². The summed E-state index contributed by atoms with van der Waals surface area (Å²) in [5, 5.41) is 3.31. The van der Waals surface area contributed by atoms with Crippen molar-refractivity contribution >= 4 is 5.96 Å². The molecule has 0 unspecified atom stereocenters. The van der Waals surface area contributed by atoms with Crippen molar-refractivity contribution in [3.8, 4) is 5.75 Å². The van der Waals surface area contributed by atoms with Crippen molar-refractivity contribution < 1.29 is 9.15 Å². The fourth-order valence-electron chi connectivity index (χ4n) is 2.42. The number of methoxy groups -OCH3 is 1. The molecule has 0 bridgehead atoms. The summed E-state index contributed by atoms with van der Waals surface area (Å²) < 4.78 is 11.0. The van der Waals surface area contributed by atoms with Gasteiger partial charge in [0.2, 0.25) is 5.89 Å². The molecule has 26 heavy (non-hydrogen) atoms. The molecule has 0 atom stereocenters. The van der Waals surface area contributed by atoms with Gasteiger partial charge in [-0.25, -0.2) is 9.98 Å². The number of guanidine groups is 1. The van der Waals surface area contributed by atoms with Crippen LogP contribution in [0.1, 0.15) is 44.9 Å². The van der Waals surface area contributed by atoms with Crippen LogP contribution in [0.5, 0.6) is 5.75 Å². The highest BCUT2D eigenvalue weighted by molar-refractivity contribution is 5.79. The second-order valence-corrected chi connectivity index (χ2v) is 7.24.